The molecule has 12 nitrogen and oxygen atoms in total. The van der Waals surface area contributed by atoms with Gasteiger partial charge in [-0.25, -0.2) is 9.78 Å². The van der Waals surface area contributed by atoms with Crippen molar-refractivity contribution in [1.29, 1.82) is 0 Å². The number of hydrogen-bond donors (Lipinski definition) is 2. The van der Waals surface area contributed by atoms with Gasteiger partial charge >= 0.3 is 6.09 Å². The predicted octanol–water partition coefficient (Wildman–Crippen LogP) is 3.56. The number of nitrogens with one attached hydrogen (secondary N) is 2. The minimum atomic E-state index is -0.227. The van der Waals surface area contributed by atoms with E-state index in [0.29, 0.717) is 31.0 Å². The number of carbonyl (C=O) groups is 2. The van der Waals surface area contributed by atoms with Crippen molar-refractivity contribution in [3.05, 3.63) is 30.0 Å². The smallest absolute Gasteiger partial charge is 0.410 e. The van der Waals surface area contributed by atoms with Gasteiger partial charge in [0.2, 0.25) is 5.91 Å². The lowest BCUT2D eigenvalue weighted by Gasteiger charge is -2.42. The molecule has 4 aliphatic heterocycles. The molecule has 12 heteroatoms. The van der Waals surface area contributed by atoms with Crippen LogP contribution < -0.4 is 10.6 Å². The highest BCUT2D eigenvalue weighted by Crippen LogP contribution is 2.39. The molecule has 4 aliphatic rings. The maximum atomic E-state index is 13.2. The van der Waals surface area contributed by atoms with Crippen LogP contribution in [0, 0.1) is 5.92 Å². The Morgan fingerprint density at radius 2 is 1.86 bits per heavy atom. The lowest BCUT2D eigenvalue weighted by atomic mass is 9.91. The summed E-state index contributed by atoms with van der Waals surface area (Å²) in [6, 6.07) is 2.82. The van der Waals surface area contributed by atoms with E-state index >= 15 is 0 Å². The van der Waals surface area contributed by atoms with E-state index in [-0.39, 0.29) is 30.2 Å². The number of aromatic nitrogens is 3. The fraction of sp³-hybridized carbons (Fsp3) is 0.688. The Bertz CT molecular complexity index is 1330. The van der Waals surface area contributed by atoms with Crippen LogP contribution in [0.1, 0.15) is 63.9 Å². The number of likely N-dealkylation sites (N-methyl/N-ethyl adjacent to an activating group) is 1. The second-order valence-electron chi connectivity index (χ2n) is 13.5. The molecule has 4 fully saturated rings. The third-order valence-electron chi connectivity index (χ3n) is 9.47. The van der Waals surface area contributed by atoms with E-state index in [1.54, 1.807) is 11.0 Å². The van der Waals surface area contributed by atoms with Crippen LogP contribution >= 0.6 is 0 Å². The van der Waals surface area contributed by atoms with Gasteiger partial charge in [-0.3, -0.25) is 4.79 Å². The number of carbonyl (C=O) groups excluding carboxylic acids is 2. The van der Waals surface area contributed by atoms with Crippen molar-refractivity contribution in [1.82, 2.24) is 29.3 Å². The summed E-state index contributed by atoms with van der Waals surface area (Å²) in [5, 5.41) is 12.0. The minimum Gasteiger partial charge on any atom is -0.442 e. The van der Waals surface area contributed by atoms with Gasteiger partial charge in [-0.15, -0.1) is 0 Å². The Balaban J connectivity index is 1.04. The summed E-state index contributed by atoms with van der Waals surface area (Å²) >= 11 is 0. The molecule has 0 spiro atoms. The normalized spacial score (nSPS) is 24.5. The average molecular weight is 609 g/mol. The molecule has 6 heterocycles. The van der Waals surface area contributed by atoms with E-state index in [1.807, 2.05) is 40.7 Å². The van der Waals surface area contributed by atoms with E-state index in [9.17, 15) is 9.59 Å². The Labute approximate surface area is 260 Å². The highest BCUT2D eigenvalue weighted by Gasteiger charge is 2.45. The maximum Gasteiger partial charge on any atom is 0.410 e. The number of fused-ring (bicyclic) bond motifs is 3. The van der Waals surface area contributed by atoms with Gasteiger partial charge in [0, 0.05) is 62.1 Å². The van der Waals surface area contributed by atoms with E-state index in [1.165, 1.54) is 0 Å². The molecule has 2 atom stereocenters. The molecule has 2 amide bonds. The molecule has 240 valence electrons. The highest BCUT2D eigenvalue weighted by molar-refractivity contribution is 5.88. The molecule has 6 rings (SSSR count). The van der Waals surface area contributed by atoms with Crippen LogP contribution in [-0.4, -0.2) is 119 Å². The van der Waals surface area contributed by atoms with Crippen LogP contribution in [-0.2, 0) is 14.3 Å². The number of ether oxygens (including phenoxy) is 2. The molecular formula is C32H48N8O4. The van der Waals surface area contributed by atoms with E-state index in [2.05, 4.69) is 30.5 Å². The summed E-state index contributed by atoms with van der Waals surface area (Å²) in [5.74, 6) is 2.54. The molecule has 2 N–H and O–H groups in total. The molecule has 0 aromatic carbocycles. The predicted molar refractivity (Wildman–Crippen MR) is 169 cm³/mol. The Morgan fingerprint density at radius 1 is 1.14 bits per heavy atom. The van der Waals surface area contributed by atoms with Crippen LogP contribution in [0.4, 0.5) is 16.4 Å². The van der Waals surface area contributed by atoms with Crippen LogP contribution in [0.25, 0.3) is 5.65 Å². The minimum absolute atomic E-state index is 0.0268. The van der Waals surface area contributed by atoms with Gasteiger partial charge in [-0.1, -0.05) is 19.9 Å². The Morgan fingerprint density at radius 3 is 2.55 bits per heavy atom. The summed E-state index contributed by atoms with van der Waals surface area (Å²) in [6.07, 6.45) is 10.8. The topological polar surface area (TPSA) is 117 Å². The lowest BCUT2D eigenvalue weighted by Crippen LogP contribution is -2.57. The summed E-state index contributed by atoms with van der Waals surface area (Å²) in [4.78, 5) is 36.2. The van der Waals surface area contributed by atoms with Gasteiger partial charge in [0.05, 0.1) is 19.3 Å². The van der Waals surface area contributed by atoms with Crippen LogP contribution in [0.5, 0.6) is 0 Å². The van der Waals surface area contributed by atoms with Crippen molar-refractivity contribution < 1.29 is 19.1 Å². The largest absolute Gasteiger partial charge is 0.442 e. The second-order valence-corrected chi connectivity index (χ2v) is 13.5. The summed E-state index contributed by atoms with van der Waals surface area (Å²) in [5.41, 5.74) is 2.02. The first-order chi connectivity index (χ1) is 21.2. The number of hydrogen-bond acceptors (Lipinski definition) is 9. The second kappa shape index (κ2) is 13.3. The first-order valence-electron chi connectivity index (χ1n) is 16.3. The standard InChI is InChI=1S/C32H48N8O4/c1-21(2)27-18-34-40-29(16-28(36-31(27)40)35-23-9-12-43-13-10-23)33-17-22-14-24-7-8-25(15-22)39(24)32(42)44-26-19-38(20-26)30(41)6-5-11-37(3)4/h5-6,16,18,21-26,33H,7-15,17,19-20H2,1-4H3,(H,35,36)/b6-5+. The van der Waals surface area contributed by atoms with Gasteiger partial charge in [0.15, 0.2) is 5.65 Å². The molecule has 44 heavy (non-hydrogen) atoms. The molecule has 0 aliphatic carbocycles. The molecular weight excluding hydrogens is 560 g/mol. The Kier molecular flexibility index (Phi) is 9.27. The number of anilines is 2. The third-order valence-corrected chi connectivity index (χ3v) is 9.47. The third kappa shape index (κ3) is 6.81. The average Bonchev–Trinajstić information content (AvgIpc) is 3.52. The van der Waals surface area contributed by atoms with Crippen molar-refractivity contribution in [3.8, 4) is 0 Å². The summed E-state index contributed by atoms with van der Waals surface area (Å²) in [7, 11) is 3.92. The van der Waals surface area contributed by atoms with Gasteiger partial charge in [-0.05, 0) is 64.5 Å². The van der Waals surface area contributed by atoms with Gasteiger partial charge in [0.25, 0.3) is 0 Å². The number of rotatable bonds is 10. The summed E-state index contributed by atoms with van der Waals surface area (Å²) in [6.45, 7) is 8.34. The van der Waals surface area contributed by atoms with Gasteiger partial charge < -0.3 is 34.8 Å². The van der Waals surface area contributed by atoms with Crippen LogP contribution in [0.15, 0.2) is 24.4 Å². The lowest BCUT2D eigenvalue weighted by molar-refractivity contribution is -0.136. The zero-order valence-corrected chi connectivity index (χ0v) is 26.6. The number of amides is 2. The van der Waals surface area contributed by atoms with E-state index in [4.69, 9.17) is 19.6 Å². The zero-order valence-electron chi connectivity index (χ0n) is 26.6. The maximum absolute atomic E-state index is 13.2. The van der Waals surface area contributed by atoms with Crippen LogP contribution in [0.3, 0.4) is 0 Å². The quantitative estimate of drug-likeness (QED) is 0.391. The molecule has 2 bridgehead atoms. The monoisotopic (exact) mass is 608 g/mol. The van der Waals surface area contributed by atoms with E-state index in [0.717, 1.165) is 87.7 Å². The number of nitrogens with zero attached hydrogens (tertiary/aromatic N) is 6. The highest BCUT2D eigenvalue weighted by atomic mass is 16.6. The fourth-order valence-electron chi connectivity index (χ4n) is 7.01. The van der Waals surface area contributed by atoms with Crippen molar-refractivity contribution in [3.63, 3.8) is 0 Å². The van der Waals surface area contributed by atoms with E-state index < -0.39 is 0 Å². The molecule has 2 unspecified atom stereocenters. The molecule has 2 aromatic rings. The SMILES string of the molecule is CC(C)c1cnn2c(NCC3CC4CCC(C3)N4C(=O)OC3CN(C(=O)/C=C/CN(C)C)C3)cc(NC3CCOCC3)nc12. The van der Waals surface area contributed by atoms with Crippen molar-refractivity contribution in [2.45, 2.75) is 82.5 Å². The first-order valence-corrected chi connectivity index (χ1v) is 16.3. The molecule has 2 aromatic heterocycles. The number of piperidine rings is 1. The van der Waals surface area contributed by atoms with Crippen molar-refractivity contribution >= 4 is 29.3 Å². The molecule has 0 radical (unpaired) electrons. The van der Waals surface area contributed by atoms with Crippen molar-refractivity contribution in [2.75, 3.05) is 64.1 Å². The summed E-state index contributed by atoms with van der Waals surface area (Å²) < 4.78 is 13.3. The van der Waals surface area contributed by atoms with Crippen LogP contribution in [0.2, 0.25) is 0 Å². The van der Waals surface area contributed by atoms with Gasteiger partial charge in [-0.2, -0.15) is 9.61 Å². The number of likely N-dealkylation sites (tertiary alicyclic amines) is 1. The Hall–Kier alpha value is -3.38. The zero-order chi connectivity index (χ0) is 30.8. The van der Waals surface area contributed by atoms with Crippen molar-refractivity contribution in [2.24, 2.45) is 5.92 Å². The first kappa shape index (κ1) is 30.6. The fourth-order valence-corrected chi connectivity index (χ4v) is 7.01. The molecule has 4 saturated heterocycles. The molecule has 0 saturated carbocycles. The van der Waals surface area contributed by atoms with Gasteiger partial charge in [0.1, 0.15) is 17.7 Å².